The van der Waals surface area contributed by atoms with Crippen molar-refractivity contribution < 1.29 is 4.74 Å². The molecule has 10 nitrogen and oxygen atoms in total. The second-order valence-corrected chi connectivity index (χ2v) is 6.34. The van der Waals surface area contributed by atoms with Crippen molar-refractivity contribution in [2.45, 2.75) is 13.5 Å². The summed E-state index contributed by atoms with van der Waals surface area (Å²) in [4.78, 5) is 17.9. The van der Waals surface area contributed by atoms with E-state index in [4.69, 9.17) is 9.72 Å². The van der Waals surface area contributed by atoms with Crippen molar-refractivity contribution in [3.05, 3.63) is 23.8 Å². The van der Waals surface area contributed by atoms with Crippen LogP contribution in [0.25, 0.3) is 17.2 Å². The topological polar surface area (TPSA) is 97.5 Å². The highest BCUT2D eigenvalue weighted by atomic mass is 16.5. The van der Waals surface area contributed by atoms with Gasteiger partial charge < -0.3 is 14.5 Å². The molecule has 26 heavy (non-hydrogen) atoms. The van der Waals surface area contributed by atoms with E-state index in [1.54, 1.807) is 17.8 Å². The summed E-state index contributed by atoms with van der Waals surface area (Å²) in [5.74, 6) is 1.74. The molecule has 1 saturated heterocycles. The van der Waals surface area contributed by atoms with E-state index in [2.05, 4.69) is 42.1 Å². The fraction of sp³-hybridized carbons (Fsp3) is 0.500. The Morgan fingerprint density at radius 2 is 1.92 bits per heavy atom. The maximum atomic E-state index is 5.09. The maximum Gasteiger partial charge on any atom is 0.272 e. The maximum absolute atomic E-state index is 5.09. The minimum absolute atomic E-state index is 0.333. The van der Waals surface area contributed by atoms with E-state index in [1.165, 1.54) is 0 Å². The normalized spacial score (nSPS) is 15.7. The number of nitrogens with zero attached hydrogens (tertiary/aromatic N) is 9. The number of ether oxygens (including phenoxy) is 1. The molecule has 0 amide bonds. The lowest BCUT2D eigenvalue weighted by atomic mass is 10.2. The van der Waals surface area contributed by atoms with E-state index in [1.807, 2.05) is 13.0 Å². The van der Waals surface area contributed by atoms with Gasteiger partial charge in [-0.3, -0.25) is 0 Å². The summed E-state index contributed by atoms with van der Waals surface area (Å²) in [5, 5.41) is 12.9. The molecule has 0 aliphatic carbocycles. The molecule has 1 fully saturated rings. The van der Waals surface area contributed by atoms with Crippen LogP contribution < -0.4 is 4.90 Å². The van der Waals surface area contributed by atoms with Gasteiger partial charge in [0.2, 0.25) is 5.95 Å². The molecule has 4 rings (SSSR count). The highest BCUT2D eigenvalue weighted by Crippen LogP contribution is 2.21. The number of hydrogen-bond donors (Lipinski definition) is 0. The third kappa shape index (κ3) is 3.08. The Balaban J connectivity index is 1.69. The van der Waals surface area contributed by atoms with Gasteiger partial charge in [0, 0.05) is 39.5 Å². The molecule has 0 radical (unpaired) electrons. The van der Waals surface area contributed by atoms with Crippen LogP contribution in [0.3, 0.4) is 0 Å². The zero-order valence-corrected chi connectivity index (χ0v) is 15.1. The standard InChI is InChI=1S/C16H21N9O/c1-11-14(20-21-16-19-13(10-26-3)22-25(11)16)12-4-5-17-15(18-12)24-8-6-23(2)7-9-24/h4-5H,6-10H2,1-3H3. The number of aryl methyl sites for hydroxylation is 1. The first-order valence-electron chi connectivity index (χ1n) is 8.50. The average Bonchev–Trinajstić information content (AvgIpc) is 3.07. The quantitative estimate of drug-likeness (QED) is 0.649. The molecule has 0 bridgehead atoms. The Kier molecular flexibility index (Phi) is 4.43. The molecule has 1 aliphatic heterocycles. The van der Waals surface area contributed by atoms with Gasteiger partial charge in [-0.15, -0.1) is 15.3 Å². The summed E-state index contributed by atoms with van der Waals surface area (Å²) < 4.78 is 6.76. The van der Waals surface area contributed by atoms with Crippen LogP contribution in [-0.2, 0) is 11.3 Å². The van der Waals surface area contributed by atoms with Crippen LogP contribution in [0.5, 0.6) is 0 Å². The Morgan fingerprint density at radius 1 is 1.12 bits per heavy atom. The van der Waals surface area contributed by atoms with Crippen molar-refractivity contribution >= 4 is 11.7 Å². The van der Waals surface area contributed by atoms with Crippen LogP contribution in [0, 0.1) is 6.92 Å². The Hall–Kier alpha value is -2.72. The van der Waals surface area contributed by atoms with Crippen LogP contribution in [0.1, 0.15) is 11.5 Å². The number of likely N-dealkylation sites (N-methyl/N-ethyl adjacent to an activating group) is 1. The van der Waals surface area contributed by atoms with Gasteiger partial charge in [-0.1, -0.05) is 0 Å². The lowest BCUT2D eigenvalue weighted by Gasteiger charge is -2.32. The fourth-order valence-electron chi connectivity index (χ4n) is 2.97. The first-order valence-corrected chi connectivity index (χ1v) is 8.50. The molecule has 4 heterocycles. The van der Waals surface area contributed by atoms with Crippen molar-refractivity contribution in [1.29, 1.82) is 0 Å². The van der Waals surface area contributed by atoms with Crippen molar-refractivity contribution in [3.8, 4) is 11.4 Å². The Labute approximate surface area is 150 Å². The molecule has 0 atom stereocenters. The third-order valence-corrected chi connectivity index (χ3v) is 4.48. The Morgan fingerprint density at radius 3 is 2.69 bits per heavy atom. The molecule has 0 saturated carbocycles. The highest BCUT2D eigenvalue weighted by Gasteiger charge is 2.19. The molecule has 1 aliphatic rings. The van der Waals surface area contributed by atoms with Gasteiger partial charge >= 0.3 is 0 Å². The van der Waals surface area contributed by atoms with Crippen molar-refractivity contribution in [2.75, 3.05) is 45.2 Å². The van der Waals surface area contributed by atoms with Gasteiger partial charge in [0.1, 0.15) is 12.3 Å². The number of fused-ring (bicyclic) bond motifs is 1. The zero-order valence-electron chi connectivity index (χ0n) is 15.1. The number of methoxy groups -OCH3 is 1. The van der Waals surface area contributed by atoms with Crippen LogP contribution >= 0.6 is 0 Å². The molecule has 0 aromatic carbocycles. The van der Waals surface area contributed by atoms with Crippen molar-refractivity contribution in [1.82, 2.24) is 39.7 Å². The van der Waals surface area contributed by atoms with E-state index < -0.39 is 0 Å². The summed E-state index contributed by atoms with van der Waals surface area (Å²) in [6.07, 6.45) is 1.76. The van der Waals surface area contributed by atoms with E-state index in [0.29, 0.717) is 23.9 Å². The van der Waals surface area contributed by atoms with Crippen molar-refractivity contribution in [3.63, 3.8) is 0 Å². The molecule has 10 heteroatoms. The van der Waals surface area contributed by atoms with Gasteiger partial charge in [-0.05, 0) is 20.0 Å². The van der Waals surface area contributed by atoms with E-state index in [-0.39, 0.29) is 0 Å². The predicted molar refractivity (Wildman–Crippen MR) is 94.8 cm³/mol. The minimum atomic E-state index is 0.333. The molecule has 0 N–H and O–H groups in total. The molecule has 0 unspecified atom stereocenters. The second-order valence-electron chi connectivity index (χ2n) is 6.34. The second kappa shape index (κ2) is 6.89. The third-order valence-electron chi connectivity index (χ3n) is 4.48. The fourth-order valence-corrected chi connectivity index (χ4v) is 2.97. The summed E-state index contributed by atoms with van der Waals surface area (Å²) in [6, 6.07) is 1.84. The molecule has 136 valence electrons. The SMILES string of the molecule is COCc1nc2nnc(-c3ccnc(N4CCN(C)CC4)n3)c(C)n2n1. The van der Waals surface area contributed by atoms with Crippen molar-refractivity contribution in [2.24, 2.45) is 0 Å². The summed E-state index contributed by atoms with van der Waals surface area (Å²) >= 11 is 0. The number of piperazine rings is 1. The summed E-state index contributed by atoms with van der Waals surface area (Å²) in [7, 11) is 3.73. The molecule has 3 aromatic rings. The summed E-state index contributed by atoms with van der Waals surface area (Å²) in [5.41, 5.74) is 2.22. The molecular formula is C16H21N9O. The van der Waals surface area contributed by atoms with Gasteiger partial charge in [-0.25, -0.2) is 9.97 Å². The molecule has 0 spiro atoms. The van der Waals surface area contributed by atoms with Crippen LogP contribution in [-0.4, -0.2) is 80.0 Å². The number of rotatable bonds is 4. The zero-order chi connectivity index (χ0) is 18.1. The van der Waals surface area contributed by atoms with E-state index in [0.717, 1.165) is 43.5 Å². The predicted octanol–water partition coefficient (Wildman–Crippen LogP) is 0.183. The Bertz CT molecular complexity index is 917. The smallest absolute Gasteiger partial charge is 0.272 e. The molecular weight excluding hydrogens is 334 g/mol. The van der Waals surface area contributed by atoms with E-state index in [9.17, 15) is 0 Å². The van der Waals surface area contributed by atoms with Crippen LogP contribution in [0.15, 0.2) is 12.3 Å². The van der Waals surface area contributed by atoms with E-state index >= 15 is 0 Å². The molecule has 3 aromatic heterocycles. The number of hydrogen-bond acceptors (Lipinski definition) is 9. The monoisotopic (exact) mass is 355 g/mol. The highest BCUT2D eigenvalue weighted by molar-refractivity contribution is 5.58. The van der Waals surface area contributed by atoms with Gasteiger partial charge in [0.15, 0.2) is 5.82 Å². The van der Waals surface area contributed by atoms with Gasteiger partial charge in [0.05, 0.1) is 11.4 Å². The first-order chi connectivity index (χ1) is 12.7. The lowest BCUT2D eigenvalue weighted by molar-refractivity contribution is 0.178. The number of anilines is 1. The van der Waals surface area contributed by atoms with Gasteiger partial charge in [-0.2, -0.15) is 9.50 Å². The lowest BCUT2D eigenvalue weighted by Crippen LogP contribution is -2.45. The summed E-state index contributed by atoms with van der Waals surface area (Å²) in [6.45, 7) is 6.08. The first kappa shape index (κ1) is 16.7. The van der Waals surface area contributed by atoms with Gasteiger partial charge in [0.25, 0.3) is 5.78 Å². The largest absolute Gasteiger partial charge is 0.377 e. The van der Waals surface area contributed by atoms with Crippen LogP contribution in [0.2, 0.25) is 0 Å². The minimum Gasteiger partial charge on any atom is -0.377 e. The number of aromatic nitrogens is 7. The average molecular weight is 355 g/mol. The van der Waals surface area contributed by atoms with Crippen LogP contribution in [0.4, 0.5) is 5.95 Å².